The molecule has 0 spiro atoms. The van der Waals surface area contributed by atoms with Crippen LogP contribution in [0.15, 0.2) is 25.0 Å². The summed E-state index contributed by atoms with van der Waals surface area (Å²) < 4.78 is 0. The number of imidazole rings is 2. The Labute approximate surface area is 207 Å². The maximum atomic E-state index is 13.0. The van der Waals surface area contributed by atoms with Gasteiger partial charge in [0.05, 0.1) is 18.7 Å². The van der Waals surface area contributed by atoms with E-state index in [1.54, 1.807) is 6.20 Å². The first-order chi connectivity index (χ1) is 16.6. The summed E-state index contributed by atoms with van der Waals surface area (Å²) in [5, 5.41) is 17.1. The van der Waals surface area contributed by atoms with Crippen molar-refractivity contribution in [2.45, 2.75) is 57.3 Å². The number of rotatable bonds is 14. The second-order valence-electron chi connectivity index (χ2n) is 8.50. The fraction of sp³-hybridized carbons (Fsp3) is 0.524. The number of carboxylic acids is 1. The third-order valence-corrected chi connectivity index (χ3v) is 5.45. The monoisotopic (exact) mass is 508 g/mol. The van der Waals surface area contributed by atoms with E-state index in [1.807, 2.05) is 13.8 Å². The summed E-state index contributed by atoms with van der Waals surface area (Å²) in [7, 11) is 0. The number of thiol groups is 1. The summed E-state index contributed by atoms with van der Waals surface area (Å²) in [5.41, 5.74) is 7.17. The number of carbonyl (C=O) groups is 4. The first-order valence-electron chi connectivity index (χ1n) is 11.1. The third kappa shape index (κ3) is 9.05. The Morgan fingerprint density at radius 3 is 1.91 bits per heavy atom. The second kappa shape index (κ2) is 13.5. The van der Waals surface area contributed by atoms with Crippen LogP contribution in [-0.2, 0) is 32.0 Å². The molecular formula is C21H32N8O5S. The molecule has 0 fully saturated rings. The number of hydrogen-bond donors (Lipinski definition) is 8. The summed E-state index contributed by atoms with van der Waals surface area (Å²) in [6.45, 7) is 3.76. The molecule has 4 atom stereocenters. The number of amides is 3. The Bertz CT molecular complexity index is 967. The molecule has 2 rings (SSSR count). The first kappa shape index (κ1) is 27.9. The molecule has 13 nitrogen and oxygen atoms in total. The normalized spacial score (nSPS) is 14.5. The molecule has 35 heavy (non-hydrogen) atoms. The number of nitrogens with one attached hydrogen (secondary N) is 5. The zero-order valence-electron chi connectivity index (χ0n) is 19.5. The largest absolute Gasteiger partial charge is 0.480 e. The number of nitrogens with zero attached hydrogens (tertiary/aromatic N) is 2. The number of H-pyrrole nitrogens is 2. The molecule has 192 valence electrons. The first-order valence-corrected chi connectivity index (χ1v) is 11.7. The van der Waals surface area contributed by atoms with Gasteiger partial charge in [-0.15, -0.1) is 0 Å². The number of aliphatic carboxylic acids is 1. The Balaban J connectivity index is 2.01. The number of carbonyl (C=O) groups excluding carboxylic acids is 3. The van der Waals surface area contributed by atoms with Gasteiger partial charge in [0.1, 0.15) is 18.1 Å². The SMILES string of the molecule is CC(C)CC(NC(=O)C(N)Cc1cnc[nH]1)C(=O)NC(CS)C(=O)NC(Cc1cnc[nH]1)C(=O)O. The number of nitrogens with two attached hydrogens (primary N) is 1. The Kier molecular flexibility index (Phi) is 10.7. The van der Waals surface area contributed by atoms with E-state index in [4.69, 9.17) is 5.73 Å². The van der Waals surface area contributed by atoms with Crippen molar-refractivity contribution in [3.8, 4) is 0 Å². The number of carboxylic acid groups (broad SMARTS) is 1. The van der Waals surface area contributed by atoms with Crippen molar-refractivity contribution in [3.05, 3.63) is 36.4 Å². The molecule has 0 aliphatic heterocycles. The van der Waals surface area contributed by atoms with Crippen LogP contribution in [0.1, 0.15) is 31.7 Å². The maximum absolute atomic E-state index is 13.0. The van der Waals surface area contributed by atoms with Crippen LogP contribution in [0.3, 0.4) is 0 Å². The zero-order valence-corrected chi connectivity index (χ0v) is 20.4. The highest BCUT2D eigenvalue weighted by atomic mass is 32.1. The van der Waals surface area contributed by atoms with Gasteiger partial charge in [-0.2, -0.15) is 12.6 Å². The van der Waals surface area contributed by atoms with E-state index in [2.05, 4.69) is 48.5 Å². The standard InChI is InChI=1S/C21H32N8O5S/c1-11(2)3-15(27-18(30)14(22)4-12-6-23-9-25-12)19(31)29-17(8-35)20(32)28-16(21(33)34)5-13-7-24-10-26-13/h6-7,9-11,14-17,35H,3-5,8,22H2,1-2H3,(H,23,25)(H,24,26)(H,27,30)(H,28,32)(H,29,31)(H,33,34). The van der Waals surface area contributed by atoms with Crippen molar-refractivity contribution in [3.63, 3.8) is 0 Å². The number of aromatic amines is 2. The van der Waals surface area contributed by atoms with Gasteiger partial charge in [0.15, 0.2) is 0 Å². The average Bonchev–Trinajstić information content (AvgIpc) is 3.50. The van der Waals surface area contributed by atoms with Gasteiger partial charge in [0, 0.05) is 42.4 Å². The highest BCUT2D eigenvalue weighted by Crippen LogP contribution is 2.07. The smallest absolute Gasteiger partial charge is 0.326 e. The van der Waals surface area contributed by atoms with E-state index in [1.165, 1.54) is 18.9 Å². The highest BCUT2D eigenvalue weighted by Gasteiger charge is 2.30. The third-order valence-electron chi connectivity index (χ3n) is 5.08. The van der Waals surface area contributed by atoms with Gasteiger partial charge in [-0.05, 0) is 12.3 Å². The average molecular weight is 509 g/mol. The molecule has 2 aromatic heterocycles. The Hall–Kier alpha value is -3.39. The maximum Gasteiger partial charge on any atom is 0.326 e. The quantitative estimate of drug-likeness (QED) is 0.144. The van der Waals surface area contributed by atoms with Crippen LogP contribution in [-0.4, -0.2) is 78.7 Å². The minimum Gasteiger partial charge on any atom is -0.480 e. The molecule has 2 heterocycles. The molecule has 0 aliphatic carbocycles. The number of aromatic nitrogens is 4. The van der Waals surface area contributed by atoms with E-state index < -0.39 is 47.9 Å². The molecule has 0 bridgehead atoms. The molecule has 8 N–H and O–H groups in total. The van der Waals surface area contributed by atoms with Crippen molar-refractivity contribution in [2.24, 2.45) is 11.7 Å². The van der Waals surface area contributed by atoms with Crippen molar-refractivity contribution in [1.29, 1.82) is 0 Å². The molecule has 0 aliphatic rings. The molecule has 3 amide bonds. The van der Waals surface area contributed by atoms with Crippen LogP contribution in [0.5, 0.6) is 0 Å². The minimum atomic E-state index is -1.24. The van der Waals surface area contributed by atoms with Gasteiger partial charge in [-0.3, -0.25) is 14.4 Å². The van der Waals surface area contributed by atoms with E-state index in [0.29, 0.717) is 17.8 Å². The van der Waals surface area contributed by atoms with Crippen LogP contribution in [0.4, 0.5) is 0 Å². The summed E-state index contributed by atoms with van der Waals surface area (Å²) in [6, 6.07) is -4.24. The van der Waals surface area contributed by atoms with Crippen molar-refractivity contribution in [2.75, 3.05) is 5.75 Å². The van der Waals surface area contributed by atoms with Gasteiger partial charge in [-0.25, -0.2) is 14.8 Å². The zero-order chi connectivity index (χ0) is 26.0. The van der Waals surface area contributed by atoms with E-state index >= 15 is 0 Å². The van der Waals surface area contributed by atoms with Crippen molar-refractivity contribution < 1.29 is 24.3 Å². The van der Waals surface area contributed by atoms with E-state index in [-0.39, 0.29) is 24.5 Å². The number of hydrogen-bond acceptors (Lipinski definition) is 8. The molecule has 0 aromatic carbocycles. The lowest BCUT2D eigenvalue weighted by Crippen LogP contribution is -2.58. The molecule has 0 radical (unpaired) electrons. The fourth-order valence-corrected chi connectivity index (χ4v) is 3.52. The van der Waals surface area contributed by atoms with Gasteiger partial charge < -0.3 is 36.8 Å². The lowest BCUT2D eigenvalue weighted by Gasteiger charge is -2.25. The highest BCUT2D eigenvalue weighted by molar-refractivity contribution is 7.80. The summed E-state index contributed by atoms with van der Waals surface area (Å²) in [5.74, 6) is -3.13. The van der Waals surface area contributed by atoms with E-state index in [9.17, 15) is 24.3 Å². The predicted molar refractivity (Wildman–Crippen MR) is 129 cm³/mol. The second-order valence-corrected chi connectivity index (χ2v) is 8.87. The van der Waals surface area contributed by atoms with Crippen LogP contribution in [0.25, 0.3) is 0 Å². The van der Waals surface area contributed by atoms with E-state index in [0.717, 1.165) is 0 Å². The van der Waals surface area contributed by atoms with Gasteiger partial charge in [0.25, 0.3) is 0 Å². The van der Waals surface area contributed by atoms with Crippen LogP contribution < -0.4 is 21.7 Å². The minimum absolute atomic E-state index is 0.0193. The molecular weight excluding hydrogens is 476 g/mol. The molecule has 0 saturated carbocycles. The lowest BCUT2D eigenvalue weighted by molar-refractivity contribution is -0.142. The van der Waals surface area contributed by atoms with Gasteiger partial charge in [-0.1, -0.05) is 13.8 Å². The van der Waals surface area contributed by atoms with Gasteiger partial charge in [0.2, 0.25) is 17.7 Å². The molecule has 0 saturated heterocycles. The van der Waals surface area contributed by atoms with Crippen LogP contribution >= 0.6 is 12.6 Å². The Morgan fingerprint density at radius 1 is 0.914 bits per heavy atom. The summed E-state index contributed by atoms with van der Waals surface area (Å²) >= 11 is 4.13. The van der Waals surface area contributed by atoms with Crippen LogP contribution in [0, 0.1) is 5.92 Å². The molecule has 4 unspecified atom stereocenters. The fourth-order valence-electron chi connectivity index (χ4n) is 3.26. The van der Waals surface area contributed by atoms with Crippen LogP contribution in [0.2, 0.25) is 0 Å². The van der Waals surface area contributed by atoms with Gasteiger partial charge >= 0.3 is 5.97 Å². The lowest BCUT2D eigenvalue weighted by atomic mass is 10.0. The van der Waals surface area contributed by atoms with Crippen molar-refractivity contribution in [1.82, 2.24) is 35.9 Å². The Morgan fingerprint density at radius 2 is 1.43 bits per heavy atom. The summed E-state index contributed by atoms with van der Waals surface area (Å²) in [4.78, 5) is 63.3. The summed E-state index contributed by atoms with van der Waals surface area (Å²) in [6.07, 6.45) is 6.37. The molecule has 2 aromatic rings. The predicted octanol–water partition coefficient (Wildman–Crippen LogP) is -1.24. The van der Waals surface area contributed by atoms with Crippen molar-refractivity contribution >= 4 is 36.3 Å². The topological polar surface area (TPSA) is 208 Å². The molecule has 14 heteroatoms.